The van der Waals surface area contributed by atoms with E-state index >= 15 is 0 Å². The number of nitrogens with one attached hydrogen (secondary N) is 2. The summed E-state index contributed by atoms with van der Waals surface area (Å²) in [6.07, 6.45) is 1.51. The van der Waals surface area contributed by atoms with Crippen LogP contribution >= 0.6 is 11.6 Å². The number of rotatable bonds is 3. The molecule has 0 spiro atoms. The van der Waals surface area contributed by atoms with Crippen LogP contribution in [0.4, 0.5) is 11.5 Å². The fourth-order valence-corrected chi connectivity index (χ4v) is 3.21. The number of nitrogens with two attached hydrogens (primary N) is 1. The Hall–Kier alpha value is -1.73. The molecule has 6 nitrogen and oxygen atoms in total. The molecule has 0 aliphatic rings. The summed E-state index contributed by atoms with van der Waals surface area (Å²) in [7, 11) is -3.85. The largest absolute Gasteiger partial charge is 0.398 e. The normalized spacial score (nSPS) is 11.4. The summed E-state index contributed by atoms with van der Waals surface area (Å²) in [6.45, 7) is 1.72. The van der Waals surface area contributed by atoms with Crippen LogP contribution in [0.2, 0.25) is 5.02 Å². The van der Waals surface area contributed by atoms with E-state index in [0.29, 0.717) is 5.56 Å². The number of aromatic amines is 1. The van der Waals surface area contributed by atoms with Crippen molar-refractivity contribution < 1.29 is 8.42 Å². The molecular formula is C10H11ClN4O2S. The van der Waals surface area contributed by atoms with Gasteiger partial charge >= 0.3 is 0 Å². The summed E-state index contributed by atoms with van der Waals surface area (Å²) in [5.41, 5.74) is 6.41. The maximum Gasteiger partial charge on any atom is 0.266 e. The van der Waals surface area contributed by atoms with E-state index in [1.165, 1.54) is 18.3 Å². The van der Waals surface area contributed by atoms with Crippen LogP contribution in [0.5, 0.6) is 0 Å². The molecule has 0 saturated heterocycles. The Kier molecular flexibility index (Phi) is 3.18. The minimum absolute atomic E-state index is 0.0691. The highest BCUT2D eigenvalue weighted by Crippen LogP contribution is 2.28. The number of sulfonamides is 1. The molecule has 1 heterocycles. The van der Waals surface area contributed by atoms with E-state index < -0.39 is 10.0 Å². The van der Waals surface area contributed by atoms with Crippen molar-refractivity contribution in [2.75, 3.05) is 10.5 Å². The van der Waals surface area contributed by atoms with E-state index in [1.54, 1.807) is 13.0 Å². The van der Waals surface area contributed by atoms with Crippen LogP contribution in [-0.2, 0) is 10.0 Å². The first-order chi connectivity index (χ1) is 8.42. The number of hydrogen-bond donors (Lipinski definition) is 3. The Morgan fingerprint density at radius 2 is 2.17 bits per heavy atom. The van der Waals surface area contributed by atoms with Gasteiger partial charge in [-0.15, -0.1) is 0 Å². The van der Waals surface area contributed by atoms with Gasteiger partial charge in [0.05, 0.1) is 16.9 Å². The lowest BCUT2D eigenvalue weighted by Crippen LogP contribution is -2.16. The zero-order valence-corrected chi connectivity index (χ0v) is 11.0. The Labute approximate surface area is 109 Å². The molecule has 1 aromatic carbocycles. The first-order valence-corrected chi connectivity index (χ1v) is 6.84. The second kappa shape index (κ2) is 4.51. The van der Waals surface area contributed by atoms with Crippen molar-refractivity contribution >= 4 is 33.1 Å². The predicted octanol–water partition coefficient (Wildman–Crippen LogP) is 1.75. The van der Waals surface area contributed by atoms with E-state index in [1.807, 2.05) is 0 Å². The molecule has 2 aromatic rings. The first-order valence-electron chi connectivity index (χ1n) is 4.98. The van der Waals surface area contributed by atoms with Gasteiger partial charge in [0.15, 0.2) is 0 Å². The summed E-state index contributed by atoms with van der Waals surface area (Å²) < 4.78 is 26.7. The van der Waals surface area contributed by atoms with Gasteiger partial charge in [0.1, 0.15) is 10.7 Å². The molecule has 0 amide bonds. The molecule has 4 N–H and O–H groups in total. The zero-order chi connectivity index (χ0) is 13.3. The van der Waals surface area contributed by atoms with Crippen LogP contribution in [0.1, 0.15) is 5.56 Å². The van der Waals surface area contributed by atoms with Gasteiger partial charge in [-0.3, -0.25) is 9.82 Å². The zero-order valence-electron chi connectivity index (χ0n) is 9.44. The highest BCUT2D eigenvalue weighted by Gasteiger charge is 2.22. The van der Waals surface area contributed by atoms with Crippen molar-refractivity contribution in [3.8, 4) is 0 Å². The number of nitrogens with zero attached hydrogens (tertiary/aromatic N) is 1. The Morgan fingerprint density at radius 1 is 1.44 bits per heavy atom. The summed E-state index contributed by atoms with van der Waals surface area (Å²) in [5, 5.41) is 6.34. The molecule has 0 aliphatic carbocycles. The lowest BCUT2D eigenvalue weighted by atomic mass is 10.3. The molecule has 8 heteroatoms. The van der Waals surface area contributed by atoms with E-state index in [4.69, 9.17) is 17.3 Å². The average Bonchev–Trinajstić information content (AvgIpc) is 2.63. The summed E-state index contributed by atoms with van der Waals surface area (Å²) >= 11 is 5.87. The van der Waals surface area contributed by atoms with Crippen molar-refractivity contribution in [2.45, 2.75) is 11.8 Å². The molecule has 0 bridgehead atoms. The lowest BCUT2D eigenvalue weighted by Gasteiger charge is -2.10. The Morgan fingerprint density at radius 3 is 2.72 bits per heavy atom. The molecule has 96 valence electrons. The standard InChI is InChI=1S/C10H11ClN4O2S/c1-6-5-13-14-10(6)15-18(16,17)9-7(11)3-2-4-8(9)12/h2-5H,12H2,1H3,(H2,13,14,15). The third-order valence-corrected chi connectivity index (χ3v) is 4.22. The number of H-pyrrole nitrogens is 1. The number of benzene rings is 1. The first kappa shape index (κ1) is 12.7. The van der Waals surface area contributed by atoms with Gasteiger partial charge in [0, 0.05) is 5.56 Å². The molecule has 0 unspecified atom stereocenters. The minimum Gasteiger partial charge on any atom is -0.398 e. The highest BCUT2D eigenvalue weighted by atomic mass is 35.5. The van der Waals surface area contributed by atoms with Gasteiger partial charge in [-0.25, -0.2) is 8.42 Å². The number of halogens is 1. The maximum atomic E-state index is 12.2. The van der Waals surface area contributed by atoms with Gasteiger partial charge in [-0.2, -0.15) is 5.10 Å². The smallest absolute Gasteiger partial charge is 0.266 e. The lowest BCUT2D eigenvalue weighted by molar-refractivity contribution is 0.601. The molecule has 0 atom stereocenters. The van der Waals surface area contributed by atoms with Crippen molar-refractivity contribution in [2.24, 2.45) is 0 Å². The Balaban J connectivity index is 2.47. The SMILES string of the molecule is Cc1cn[nH]c1NS(=O)(=O)c1c(N)cccc1Cl. The van der Waals surface area contributed by atoms with Gasteiger partial charge in [0.2, 0.25) is 0 Å². The summed E-state index contributed by atoms with van der Waals surface area (Å²) in [6, 6.07) is 4.52. The number of anilines is 2. The summed E-state index contributed by atoms with van der Waals surface area (Å²) in [4.78, 5) is -0.138. The third-order valence-electron chi connectivity index (χ3n) is 2.33. The fourth-order valence-electron chi connectivity index (χ4n) is 1.44. The van der Waals surface area contributed by atoms with Crippen molar-refractivity contribution in [3.63, 3.8) is 0 Å². The molecule has 0 fully saturated rings. The number of aryl methyl sites for hydroxylation is 1. The van der Waals surface area contributed by atoms with Crippen LogP contribution in [0.25, 0.3) is 0 Å². The minimum atomic E-state index is -3.85. The molecule has 0 aliphatic heterocycles. The molecule has 18 heavy (non-hydrogen) atoms. The van der Waals surface area contributed by atoms with Gasteiger partial charge in [-0.05, 0) is 19.1 Å². The molecule has 2 rings (SSSR count). The van der Waals surface area contributed by atoms with E-state index in [2.05, 4.69) is 14.9 Å². The topological polar surface area (TPSA) is 101 Å². The second-order valence-electron chi connectivity index (χ2n) is 3.69. The van der Waals surface area contributed by atoms with Crippen LogP contribution in [0.15, 0.2) is 29.3 Å². The predicted molar refractivity (Wildman–Crippen MR) is 70.0 cm³/mol. The molecule has 1 aromatic heterocycles. The van der Waals surface area contributed by atoms with Crippen LogP contribution in [0, 0.1) is 6.92 Å². The van der Waals surface area contributed by atoms with Gasteiger partial charge in [0.25, 0.3) is 10.0 Å². The van der Waals surface area contributed by atoms with E-state index in [0.717, 1.165) is 0 Å². The Bertz CT molecular complexity index is 661. The number of hydrogen-bond acceptors (Lipinski definition) is 4. The monoisotopic (exact) mass is 286 g/mol. The van der Waals surface area contributed by atoms with Crippen LogP contribution in [0.3, 0.4) is 0 Å². The van der Waals surface area contributed by atoms with E-state index in [9.17, 15) is 8.42 Å². The van der Waals surface area contributed by atoms with Gasteiger partial charge < -0.3 is 5.73 Å². The maximum absolute atomic E-state index is 12.2. The molecule has 0 saturated carbocycles. The summed E-state index contributed by atoms with van der Waals surface area (Å²) in [5.74, 6) is 0.286. The van der Waals surface area contributed by atoms with Crippen LogP contribution in [-0.4, -0.2) is 18.6 Å². The fraction of sp³-hybridized carbons (Fsp3) is 0.100. The van der Waals surface area contributed by atoms with Gasteiger partial charge in [-0.1, -0.05) is 17.7 Å². The van der Waals surface area contributed by atoms with Crippen molar-refractivity contribution in [3.05, 3.63) is 35.0 Å². The van der Waals surface area contributed by atoms with E-state index in [-0.39, 0.29) is 21.4 Å². The number of nitrogen functional groups attached to an aromatic ring is 1. The van der Waals surface area contributed by atoms with Crippen molar-refractivity contribution in [1.29, 1.82) is 0 Å². The molecular weight excluding hydrogens is 276 g/mol. The van der Waals surface area contributed by atoms with Crippen LogP contribution < -0.4 is 10.5 Å². The van der Waals surface area contributed by atoms with Crippen molar-refractivity contribution in [1.82, 2.24) is 10.2 Å². The number of aromatic nitrogens is 2. The highest BCUT2D eigenvalue weighted by molar-refractivity contribution is 7.93. The molecule has 0 radical (unpaired) electrons. The average molecular weight is 287 g/mol. The third kappa shape index (κ3) is 2.27. The quantitative estimate of drug-likeness (QED) is 0.748. The second-order valence-corrected chi connectivity index (χ2v) is 5.72.